The second-order valence-corrected chi connectivity index (χ2v) is 6.58. The highest BCUT2D eigenvalue weighted by Gasteiger charge is 2.14. The van der Waals surface area contributed by atoms with E-state index in [2.05, 4.69) is 15.5 Å². The third-order valence-corrected chi connectivity index (χ3v) is 4.59. The lowest BCUT2D eigenvalue weighted by Crippen LogP contribution is -2.12. The molecule has 0 aliphatic carbocycles. The molecule has 0 fully saturated rings. The van der Waals surface area contributed by atoms with Crippen molar-refractivity contribution in [2.24, 2.45) is 0 Å². The minimum absolute atomic E-state index is 0.313. The largest absolute Gasteiger partial charge is 0.496 e. The van der Waals surface area contributed by atoms with Crippen molar-refractivity contribution in [3.8, 4) is 16.9 Å². The summed E-state index contributed by atoms with van der Waals surface area (Å²) in [5.41, 5.74) is 2.53. The highest BCUT2D eigenvalue weighted by atomic mass is 35.5. The number of halogens is 2. The summed E-state index contributed by atoms with van der Waals surface area (Å²) >= 11 is 5.94. The molecule has 4 rings (SSSR count). The minimum Gasteiger partial charge on any atom is -0.496 e. The van der Waals surface area contributed by atoms with E-state index in [9.17, 15) is 9.18 Å². The molecule has 3 aromatic carbocycles. The Balaban J connectivity index is 1.67. The van der Waals surface area contributed by atoms with Gasteiger partial charge in [-0.2, -0.15) is 5.10 Å². The molecule has 0 spiro atoms. The number of methoxy groups -OCH3 is 1. The predicted molar refractivity (Wildman–Crippen MR) is 107 cm³/mol. The molecule has 5 nitrogen and oxygen atoms in total. The monoisotopic (exact) mass is 395 g/mol. The van der Waals surface area contributed by atoms with Gasteiger partial charge in [-0.1, -0.05) is 23.7 Å². The fraction of sp³-hybridized carbons (Fsp3) is 0.0476. The summed E-state index contributed by atoms with van der Waals surface area (Å²) in [6, 6.07) is 16.5. The fourth-order valence-electron chi connectivity index (χ4n) is 3.00. The molecule has 0 saturated heterocycles. The number of rotatable bonds is 4. The van der Waals surface area contributed by atoms with Crippen LogP contribution in [-0.2, 0) is 0 Å². The molecular weight excluding hydrogens is 381 g/mol. The van der Waals surface area contributed by atoms with E-state index in [1.54, 1.807) is 30.3 Å². The van der Waals surface area contributed by atoms with E-state index in [-0.39, 0.29) is 11.7 Å². The van der Waals surface area contributed by atoms with Crippen molar-refractivity contribution in [2.75, 3.05) is 12.4 Å². The number of aromatic nitrogens is 2. The molecule has 7 heteroatoms. The third-order valence-electron chi connectivity index (χ3n) is 4.35. The van der Waals surface area contributed by atoms with Gasteiger partial charge in [-0.05, 0) is 54.1 Å². The lowest BCUT2D eigenvalue weighted by atomic mass is 10.0. The smallest absolute Gasteiger partial charge is 0.256 e. The number of benzene rings is 3. The molecule has 1 amide bonds. The first-order chi connectivity index (χ1) is 13.5. The first-order valence-electron chi connectivity index (χ1n) is 8.44. The van der Waals surface area contributed by atoms with Crippen LogP contribution in [0.15, 0.2) is 60.7 Å². The van der Waals surface area contributed by atoms with Gasteiger partial charge < -0.3 is 10.1 Å². The van der Waals surface area contributed by atoms with Gasteiger partial charge in [0.25, 0.3) is 5.91 Å². The number of carbonyl (C=O) groups is 1. The molecule has 2 N–H and O–H groups in total. The Morgan fingerprint density at radius 1 is 1.14 bits per heavy atom. The quantitative estimate of drug-likeness (QED) is 0.493. The zero-order valence-corrected chi connectivity index (χ0v) is 15.5. The zero-order chi connectivity index (χ0) is 19.7. The molecule has 140 valence electrons. The first-order valence-corrected chi connectivity index (χ1v) is 8.82. The van der Waals surface area contributed by atoms with Crippen molar-refractivity contribution in [2.45, 2.75) is 0 Å². The van der Waals surface area contributed by atoms with Crippen LogP contribution in [0.5, 0.6) is 5.75 Å². The maximum absolute atomic E-state index is 13.7. The molecule has 1 heterocycles. The Kier molecular flexibility index (Phi) is 4.71. The molecule has 0 atom stereocenters. The van der Waals surface area contributed by atoms with Gasteiger partial charge in [0.2, 0.25) is 0 Å². The van der Waals surface area contributed by atoms with Crippen molar-refractivity contribution in [1.82, 2.24) is 10.2 Å². The number of fused-ring (bicyclic) bond motifs is 1. The average Bonchev–Trinajstić information content (AvgIpc) is 3.10. The zero-order valence-electron chi connectivity index (χ0n) is 14.8. The SMILES string of the molecule is COc1ccc(F)cc1-c1ccc2c(NC(=O)c3cccc(Cl)c3)n[nH]c2c1. The van der Waals surface area contributed by atoms with E-state index in [1.165, 1.54) is 19.2 Å². The van der Waals surface area contributed by atoms with Crippen molar-refractivity contribution < 1.29 is 13.9 Å². The topological polar surface area (TPSA) is 67.0 Å². The van der Waals surface area contributed by atoms with E-state index in [4.69, 9.17) is 16.3 Å². The molecule has 0 bridgehead atoms. The summed E-state index contributed by atoms with van der Waals surface area (Å²) in [6.45, 7) is 0. The van der Waals surface area contributed by atoms with Crippen LogP contribution in [0.2, 0.25) is 5.02 Å². The molecule has 4 aromatic rings. The number of anilines is 1. The predicted octanol–water partition coefficient (Wildman–Crippen LogP) is 5.28. The first kappa shape index (κ1) is 18.0. The number of hydrogen-bond acceptors (Lipinski definition) is 3. The van der Waals surface area contributed by atoms with E-state index in [1.807, 2.05) is 18.2 Å². The number of aromatic amines is 1. The number of ether oxygens (including phenoxy) is 1. The Morgan fingerprint density at radius 3 is 2.79 bits per heavy atom. The van der Waals surface area contributed by atoms with Gasteiger partial charge in [-0.15, -0.1) is 0 Å². The Hall–Kier alpha value is -3.38. The van der Waals surface area contributed by atoms with Gasteiger partial charge in [-0.3, -0.25) is 9.89 Å². The highest BCUT2D eigenvalue weighted by Crippen LogP contribution is 2.33. The molecule has 0 aliphatic heterocycles. The van der Waals surface area contributed by atoms with Gasteiger partial charge in [0.05, 0.1) is 12.6 Å². The van der Waals surface area contributed by atoms with Crippen LogP contribution in [0.4, 0.5) is 10.2 Å². The lowest BCUT2D eigenvalue weighted by molar-refractivity contribution is 0.102. The average molecular weight is 396 g/mol. The molecular formula is C21H15ClFN3O2. The fourth-order valence-corrected chi connectivity index (χ4v) is 3.19. The summed E-state index contributed by atoms with van der Waals surface area (Å²) in [5, 5.41) is 11.1. The Morgan fingerprint density at radius 2 is 2.00 bits per heavy atom. The van der Waals surface area contributed by atoms with E-state index >= 15 is 0 Å². The van der Waals surface area contributed by atoms with Gasteiger partial charge in [-0.25, -0.2) is 4.39 Å². The van der Waals surface area contributed by atoms with Crippen molar-refractivity contribution in [3.05, 3.63) is 77.1 Å². The lowest BCUT2D eigenvalue weighted by Gasteiger charge is -2.09. The van der Waals surface area contributed by atoms with E-state index in [0.717, 1.165) is 10.9 Å². The molecule has 1 aromatic heterocycles. The van der Waals surface area contributed by atoms with Crippen molar-refractivity contribution in [1.29, 1.82) is 0 Å². The number of nitrogens with one attached hydrogen (secondary N) is 2. The number of H-pyrrole nitrogens is 1. The highest BCUT2D eigenvalue weighted by molar-refractivity contribution is 6.31. The summed E-state index contributed by atoms with van der Waals surface area (Å²) in [5.74, 6) is 0.300. The van der Waals surface area contributed by atoms with Gasteiger partial charge in [0.15, 0.2) is 5.82 Å². The van der Waals surface area contributed by atoms with Gasteiger partial charge >= 0.3 is 0 Å². The van der Waals surface area contributed by atoms with Crippen LogP contribution < -0.4 is 10.1 Å². The summed E-state index contributed by atoms with van der Waals surface area (Å²) < 4.78 is 19.0. The molecule has 0 unspecified atom stereocenters. The summed E-state index contributed by atoms with van der Waals surface area (Å²) in [7, 11) is 1.54. The maximum atomic E-state index is 13.7. The van der Waals surface area contributed by atoms with Gasteiger partial charge in [0, 0.05) is 21.5 Å². The van der Waals surface area contributed by atoms with Crippen LogP contribution >= 0.6 is 11.6 Å². The number of nitrogens with zero attached hydrogens (tertiary/aromatic N) is 1. The van der Waals surface area contributed by atoms with Crippen LogP contribution in [0.3, 0.4) is 0 Å². The summed E-state index contributed by atoms with van der Waals surface area (Å²) in [4.78, 5) is 12.4. The number of hydrogen-bond donors (Lipinski definition) is 2. The minimum atomic E-state index is -0.352. The van der Waals surface area contributed by atoms with E-state index in [0.29, 0.717) is 33.2 Å². The Bertz CT molecular complexity index is 1190. The van der Waals surface area contributed by atoms with Gasteiger partial charge in [0.1, 0.15) is 11.6 Å². The normalized spacial score (nSPS) is 10.8. The van der Waals surface area contributed by atoms with Crippen molar-refractivity contribution in [3.63, 3.8) is 0 Å². The van der Waals surface area contributed by atoms with Crippen LogP contribution in [-0.4, -0.2) is 23.2 Å². The third kappa shape index (κ3) is 3.42. The Labute approximate surface area is 165 Å². The number of amides is 1. The van der Waals surface area contributed by atoms with E-state index < -0.39 is 0 Å². The van der Waals surface area contributed by atoms with Crippen LogP contribution in [0.1, 0.15) is 10.4 Å². The second-order valence-electron chi connectivity index (χ2n) is 6.14. The molecule has 0 radical (unpaired) electrons. The molecule has 0 aliphatic rings. The van der Waals surface area contributed by atoms with Crippen molar-refractivity contribution >= 4 is 34.2 Å². The van der Waals surface area contributed by atoms with Crippen LogP contribution in [0.25, 0.3) is 22.0 Å². The number of carbonyl (C=O) groups excluding carboxylic acids is 1. The van der Waals surface area contributed by atoms with Crippen LogP contribution in [0, 0.1) is 5.82 Å². The molecule has 28 heavy (non-hydrogen) atoms. The molecule has 0 saturated carbocycles. The summed E-state index contributed by atoms with van der Waals surface area (Å²) in [6.07, 6.45) is 0. The second kappa shape index (κ2) is 7.32. The maximum Gasteiger partial charge on any atom is 0.256 e. The standard InChI is InChI=1S/C21H15ClFN3O2/c1-28-19-8-6-15(23)11-17(19)12-5-7-16-18(10-12)25-26-20(16)24-21(27)13-3-2-4-14(22)9-13/h2-11H,1H3,(H2,24,25,26,27).